The Morgan fingerprint density at radius 1 is 1.04 bits per heavy atom. The minimum absolute atomic E-state index is 0.0493. The maximum Gasteiger partial charge on any atom is 0.321 e. The zero-order chi connectivity index (χ0) is 16.8. The highest BCUT2D eigenvalue weighted by Crippen LogP contribution is 2.16. The predicted octanol–water partition coefficient (Wildman–Crippen LogP) is 2.56. The molecule has 2 aromatic carbocycles. The fourth-order valence-corrected chi connectivity index (χ4v) is 1.88. The number of nitrogens with one attached hydrogen (secondary N) is 2. The van der Waals surface area contributed by atoms with Crippen LogP contribution in [0, 0.1) is 13.8 Å². The van der Waals surface area contributed by atoms with Crippen molar-refractivity contribution in [3.05, 3.63) is 59.2 Å². The number of benzene rings is 2. The second-order valence-corrected chi connectivity index (χ2v) is 5.11. The van der Waals surface area contributed by atoms with Crippen LogP contribution < -0.4 is 21.1 Å². The molecule has 0 aliphatic heterocycles. The fourth-order valence-electron chi connectivity index (χ4n) is 1.88. The average molecular weight is 313 g/mol. The van der Waals surface area contributed by atoms with Gasteiger partial charge in [-0.2, -0.15) is 0 Å². The van der Waals surface area contributed by atoms with E-state index in [4.69, 9.17) is 10.5 Å². The van der Waals surface area contributed by atoms with Crippen LogP contribution in [0.4, 0.5) is 10.5 Å². The first kappa shape index (κ1) is 16.4. The molecule has 0 saturated carbocycles. The van der Waals surface area contributed by atoms with Gasteiger partial charge in [-0.3, -0.25) is 4.79 Å². The van der Waals surface area contributed by atoms with Gasteiger partial charge in [0.15, 0.2) is 6.73 Å². The van der Waals surface area contributed by atoms with Crippen molar-refractivity contribution >= 4 is 17.6 Å². The van der Waals surface area contributed by atoms with Crippen LogP contribution in [0.5, 0.6) is 5.75 Å². The molecule has 4 N–H and O–H groups in total. The third-order valence-electron chi connectivity index (χ3n) is 3.38. The van der Waals surface area contributed by atoms with E-state index in [9.17, 15) is 9.59 Å². The molecule has 2 rings (SSSR count). The third kappa shape index (κ3) is 4.74. The first-order valence-electron chi connectivity index (χ1n) is 7.10. The Kier molecular flexibility index (Phi) is 5.19. The van der Waals surface area contributed by atoms with E-state index >= 15 is 0 Å². The summed E-state index contributed by atoms with van der Waals surface area (Å²) in [4.78, 5) is 22.7. The topological polar surface area (TPSA) is 93.4 Å². The van der Waals surface area contributed by atoms with Gasteiger partial charge >= 0.3 is 6.03 Å². The van der Waals surface area contributed by atoms with E-state index in [1.807, 2.05) is 32.0 Å². The number of amides is 3. The monoisotopic (exact) mass is 313 g/mol. The lowest BCUT2D eigenvalue weighted by atomic mass is 10.1. The highest BCUT2D eigenvalue weighted by molar-refractivity contribution is 5.94. The van der Waals surface area contributed by atoms with Crippen molar-refractivity contribution in [2.75, 3.05) is 12.0 Å². The summed E-state index contributed by atoms with van der Waals surface area (Å²) in [5.74, 6) is 0.182. The van der Waals surface area contributed by atoms with Crippen molar-refractivity contribution in [1.29, 1.82) is 0 Å². The minimum atomic E-state index is -0.511. The quantitative estimate of drug-likeness (QED) is 0.741. The molecule has 0 unspecified atom stereocenters. The van der Waals surface area contributed by atoms with Crippen molar-refractivity contribution in [3.8, 4) is 5.75 Å². The third-order valence-corrected chi connectivity index (χ3v) is 3.38. The van der Waals surface area contributed by atoms with Gasteiger partial charge in [0.1, 0.15) is 5.75 Å². The van der Waals surface area contributed by atoms with Crippen molar-refractivity contribution in [3.63, 3.8) is 0 Å². The Morgan fingerprint density at radius 2 is 1.74 bits per heavy atom. The average Bonchev–Trinajstić information content (AvgIpc) is 2.51. The Hall–Kier alpha value is -3.02. The van der Waals surface area contributed by atoms with Crippen molar-refractivity contribution in [1.82, 2.24) is 5.32 Å². The summed E-state index contributed by atoms with van der Waals surface area (Å²) in [6.45, 7) is 4.07. The van der Waals surface area contributed by atoms with E-state index in [0.717, 1.165) is 5.56 Å². The van der Waals surface area contributed by atoms with Crippen LogP contribution in [0.1, 0.15) is 21.5 Å². The molecule has 0 radical (unpaired) electrons. The van der Waals surface area contributed by atoms with Gasteiger partial charge in [-0.15, -0.1) is 0 Å². The lowest BCUT2D eigenvalue weighted by Gasteiger charge is -2.10. The smallest absolute Gasteiger partial charge is 0.321 e. The summed E-state index contributed by atoms with van der Waals surface area (Å²) in [5.41, 5.74) is 8.40. The first-order valence-corrected chi connectivity index (χ1v) is 7.10. The van der Waals surface area contributed by atoms with Gasteiger partial charge in [0.05, 0.1) is 0 Å². The molecule has 3 amide bonds. The molecule has 2 aromatic rings. The van der Waals surface area contributed by atoms with Gasteiger partial charge < -0.3 is 21.1 Å². The summed E-state index contributed by atoms with van der Waals surface area (Å²) in [6.07, 6.45) is 0. The van der Waals surface area contributed by atoms with E-state index in [1.54, 1.807) is 24.3 Å². The number of hydrogen-bond acceptors (Lipinski definition) is 3. The standard InChI is InChI=1S/C17H19N3O3/c1-11-3-8-15(9-12(11)2)23-10-19-17(22)20-14-6-4-13(5-7-14)16(18)21/h3-9H,10H2,1-2H3,(H2,18,21)(H2,19,20,22). The molecule has 0 heterocycles. The molecule has 0 spiro atoms. The highest BCUT2D eigenvalue weighted by Gasteiger charge is 2.04. The second kappa shape index (κ2) is 7.31. The van der Waals surface area contributed by atoms with Crippen LogP contribution in [0.3, 0.4) is 0 Å². The summed E-state index contributed by atoms with van der Waals surface area (Å²) < 4.78 is 5.47. The minimum Gasteiger partial charge on any atom is -0.473 e. The Balaban J connectivity index is 1.80. The zero-order valence-corrected chi connectivity index (χ0v) is 13.1. The second-order valence-electron chi connectivity index (χ2n) is 5.11. The van der Waals surface area contributed by atoms with Crippen LogP contribution in [0.2, 0.25) is 0 Å². The molecule has 0 aliphatic rings. The van der Waals surface area contributed by atoms with Crippen molar-refractivity contribution in [2.45, 2.75) is 13.8 Å². The lowest BCUT2D eigenvalue weighted by molar-refractivity contribution is 0.100. The van der Waals surface area contributed by atoms with Crippen molar-refractivity contribution < 1.29 is 14.3 Å². The summed E-state index contributed by atoms with van der Waals surface area (Å²) in [7, 11) is 0. The van der Waals surface area contributed by atoms with E-state index < -0.39 is 11.9 Å². The zero-order valence-electron chi connectivity index (χ0n) is 13.1. The van der Waals surface area contributed by atoms with Gasteiger partial charge in [0.25, 0.3) is 0 Å². The number of nitrogens with two attached hydrogens (primary N) is 1. The van der Waals surface area contributed by atoms with Gasteiger partial charge in [-0.25, -0.2) is 4.79 Å². The normalized spacial score (nSPS) is 10.0. The van der Waals surface area contributed by atoms with Gasteiger partial charge in [-0.05, 0) is 61.4 Å². The molecule has 120 valence electrons. The number of aryl methyl sites for hydroxylation is 2. The predicted molar refractivity (Wildman–Crippen MR) is 88.5 cm³/mol. The first-order chi connectivity index (χ1) is 11.0. The molecule has 0 fully saturated rings. The Bertz CT molecular complexity index is 712. The van der Waals surface area contributed by atoms with Crippen LogP contribution in [-0.4, -0.2) is 18.7 Å². The summed E-state index contributed by atoms with van der Waals surface area (Å²) in [5, 5.41) is 5.22. The van der Waals surface area contributed by atoms with Gasteiger partial charge in [0.2, 0.25) is 5.91 Å². The number of rotatable bonds is 5. The molecule has 0 aliphatic carbocycles. The number of carbonyl (C=O) groups excluding carboxylic acids is 2. The number of urea groups is 1. The fraction of sp³-hybridized carbons (Fsp3) is 0.176. The molecule has 23 heavy (non-hydrogen) atoms. The van der Waals surface area contributed by atoms with E-state index in [-0.39, 0.29) is 6.73 Å². The molecule has 0 saturated heterocycles. The van der Waals surface area contributed by atoms with Crippen LogP contribution >= 0.6 is 0 Å². The van der Waals surface area contributed by atoms with Gasteiger partial charge in [0, 0.05) is 11.3 Å². The summed E-state index contributed by atoms with van der Waals surface area (Å²) >= 11 is 0. The molecule has 0 atom stereocenters. The van der Waals surface area contributed by atoms with Crippen molar-refractivity contribution in [2.24, 2.45) is 5.73 Å². The van der Waals surface area contributed by atoms with E-state index in [2.05, 4.69) is 10.6 Å². The van der Waals surface area contributed by atoms with E-state index in [1.165, 1.54) is 5.56 Å². The Labute approximate surface area is 134 Å². The number of ether oxygens (including phenoxy) is 1. The van der Waals surface area contributed by atoms with Crippen LogP contribution in [0.15, 0.2) is 42.5 Å². The molecule has 6 nitrogen and oxygen atoms in total. The van der Waals surface area contributed by atoms with Crippen LogP contribution in [-0.2, 0) is 0 Å². The molecular weight excluding hydrogens is 294 g/mol. The number of hydrogen-bond donors (Lipinski definition) is 3. The molecule has 6 heteroatoms. The highest BCUT2D eigenvalue weighted by atomic mass is 16.5. The maximum atomic E-state index is 11.7. The van der Waals surface area contributed by atoms with Gasteiger partial charge in [-0.1, -0.05) is 6.07 Å². The number of carbonyl (C=O) groups is 2. The van der Waals surface area contributed by atoms with Crippen LogP contribution in [0.25, 0.3) is 0 Å². The number of anilines is 1. The molecule has 0 aromatic heterocycles. The largest absolute Gasteiger partial charge is 0.473 e. The SMILES string of the molecule is Cc1ccc(OCNC(=O)Nc2ccc(C(N)=O)cc2)cc1C. The summed E-state index contributed by atoms with van der Waals surface area (Å²) in [6, 6.07) is 11.6. The number of primary amides is 1. The Morgan fingerprint density at radius 3 is 2.35 bits per heavy atom. The molecular formula is C17H19N3O3. The van der Waals surface area contributed by atoms with E-state index in [0.29, 0.717) is 17.0 Å². The molecule has 0 bridgehead atoms. The maximum absolute atomic E-state index is 11.7. The lowest BCUT2D eigenvalue weighted by Crippen LogP contribution is -2.32.